The monoisotopic (exact) mass is 384 g/mol. The molecule has 0 bridgehead atoms. The average molecular weight is 385 g/mol. The first-order valence-corrected chi connectivity index (χ1v) is 7.94. The summed E-state index contributed by atoms with van der Waals surface area (Å²) in [5.74, 6) is -0.137. The minimum Gasteiger partial charge on any atom is -0.484 e. The van der Waals surface area contributed by atoms with Gasteiger partial charge in [-0.15, -0.1) is 0 Å². The standard InChI is InChI=1S/C18H16ClF3N2O2/c1-11-7-14(8-12(2)17(11)19)26-10-16(25)24-23-9-13-5-3-4-6-15(13)18(20,21)22/h3-9H,10H2,1-2H3,(H,24,25)/b23-9+. The van der Waals surface area contributed by atoms with E-state index in [1.807, 2.05) is 13.8 Å². The number of ether oxygens (including phenoxy) is 1. The number of benzene rings is 2. The molecule has 2 aromatic carbocycles. The van der Waals surface area contributed by atoms with Gasteiger partial charge in [0.15, 0.2) is 6.61 Å². The van der Waals surface area contributed by atoms with E-state index in [1.165, 1.54) is 18.2 Å². The first kappa shape index (κ1) is 19.8. The van der Waals surface area contributed by atoms with Gasteiger partial charge in [-0.2, -0.15) is 18.3 Å². The van der Waals surface area contributed by atoms with Crippen LogP contribution in [-0.2, 0) is 11.0 Å². The molecule has 0 unspecified atom stereocenters. The third kappa shape index (κ3) is 5.23. The Morgan fingerprint density at radius 1 is 1.23 bits per heavy atom. The maximum atomic E-state index is 12.9. The highest BCUT2D eigenvalue weighted by molar-refractivity contribution is 6.32. The molecule has 1 amide bonds. The van der Waals surface area contributed by atoms with Crippen LogP contribution in [0.1, 0.15) is 22.3 Å². The number of halogens is 4. The highest BCUT2D eigenvalue weighted by Gasteiger charge is 2.32. The summed E-state index contributed by atoms with van der Waals surface area (Å²) in [5, 5.41) is 4.17. The summed E-state index contributed by atoms with van der Waals surface area (Å²) in [7, 11) is 0. The van der Waals surface area contributed by atoms with E-state index in [9.17, 15) is 18.0 Å². The zero-order chi connectivity index (χ0) is 19.3. The van der Waals surface area contributed by atoms with Crippen LogP contribution in [0.4, 0.5) is 13.2 Å². The highest BCUT2D eigenvalue weighted by atomic mass is 35.5. The summed E-state index contributed by atoms with van der Waals surface area (Å²) >= 11 is 6.05. The van der Waals surface area contributed by atoms with Crippen LogP contribution in [0.5, 0.6) is 5.75 Å². The number of hydrogen-bond acceptors (Lipinski definition) is 3. The lowest BCUT2D eigenvalue weighted by Crippen LogP contribution is -2.24. The summed E-state index contributed by atoms with van der Waals surface area (Å²) in [6.07, 6.45) is -3.56. The third-order valence-electron chi connectivity index (χ3n) is 3.44. The summed E-state index contributed by atoms with van der Waals surface area (Å²) in [6.45, 7) is 3.29. The predicted octanol–water partition coefficient (Wildman–Crippen LogP) is 4.50. The van der Waals surface area contributed by atoms with Gasteiger partial charge in [0.2, 0.25) is 0 Å². The van der Waals surface area contributed by atoms with Crippen molar-refractivity contribution < 1.29 is 22.7 Å². The molecule has 4 nitrogen and oxygen atoms in total. The number of carbonyl (C=O) groups is 1. The second kappa shape index (κ2) is 8.23. The van der Waals surface area contributed by atoms with Crippen molar-refractivity contribution in [3.05, 3.63) is 63.7 Å². The summed E-state index contributed by atoms with van der Waals surface area (Å²) in [5.41, 5.74) is 2.77. The van der Waals surface area contributed by atoms with Crippen molar-refractivity contribution in [2.75, 3.05) is 6.61 Å². The van der Waals surface area contributed by atoms with Crippen LogP contribution >= 0.6 is 11.6 Å². The van der Waals surface area contributed by atoms with Gasteiger partial charge in [0.05, 0.1) is 11.8 Å². The Bertz CT molecular complexity index is 812. The molecule has 0 spiro atoms. The molecule has 0 saturated carbocycles. The smallest absolute Gasteiger partial charge is 0.417 e. The molecule has 0 saturated heterocycles. The van der Waals surface area contributed by atoms with Crippen LogP contribution in [0.15, 0.2) is 41.5 Å². The van der Waals surface area contributed by atoms with Crippen molar-refractivity contribution in [2.45, 2.75) is 20.0 Å². The van der Waals surface area contributed by atoms with Gasteiger partial charge >= 0.3 is 6.18 Å². The van der Waals surface area contributed by atoms with Crippen LogP contribution in [0.2, 0.25) is 5.02 Å². The molecule has 8 heteroatoms. The Labute approximate surface area is 153 Å². The number of amides is 1. The molecule has 0 heterocycles. The van der Waals surface area contributed by atoms with Crippen molar-refractivity contribution in [3.63, 3.8) is 0 Å². The molecule has 1 N–H and O–H groups in total. The predicted molar refractivity (Wildman–Crippen MR) is 93.6 cm³/mol. The number of alkyl halides is 3. The molecule has 0 aromatic heterocycles. The van der Waals surface area contributed by atoms with E-state index in [0.29, 0.717) is 10.8 Å². The quantitative estimate of drug-likeness (QED) is 0.609. The molecule has 0 aliphatic heterocycles. The van der Waals surface area contributed by atoms with E-state index in [-0.39, 0.29) is 12.2 Å². The second-order valence-electron chi connectivity index (χ2n) is 5.54. The zero-order valence-electron chi connectivity index (χ0n) is 14.0. The fourth-order valence-corrected chi connectivity index (χ4v) is 2.32. The van der Waals surface area contributed by atoms with Gasteiger partial charge in [0.25, 0.3) is 5.91 Å². The summed E-state index contributed by atoms with van der Waals surface area (Å²) in [4.78, 5) is 11.7. The van der Waals surface area contributed by atoms with Crippen molar-refractivity contribution in [1.82, 2.24) is 5.43 Å². The lowest BCUT2D eigenvalue weighted by molar-refractivity contribution is -0.137. The Kier molecular flexibility index (Phi) is 6.26. The normalized spacial score (nSPS) is 11.6. The van der Waals surface area contributed by atoms with Gasteiger partial charge in [-0.1, -0.05) is 29.8 Å². The lowest BCUT2D eigenvalue weighted by Gasteiger charge is -2.10. The molecule has 0 aliphatic carbocycles. The van der Waals surface area contributed by atoms with E-state index in [2.05, 4.69) is 10.5 Å². The average Bonchev–Trinajstić information content (AvgIpc) is 2.57. The van der Waals surface area contributed by atoms with Crippen molar-refractivity contribution in [2.24, 2.45) is 5.10 Å². The first-order valence-electron chi connectivity index (χ1n) is 7.56. The Balaban J connectivity index is 1.95. The minimum absolute atomic E-state index is 0.148. The van der Waals surface area contributed by atoms with Gasteiger partial charge < -0.3 is 4.74 Å². The number of aryl methyl sites for hydroxylation is 2. The largest absolute Gasteiger partial charge is 0.484 e. The first-order chi connectivity index (χ1) is 12.2. The van der Waals surface area contributed by atoms with Crippen molar-refractivity contribution >= 4 is 23.7 Å². The number of nitrogens with zero attached hydrogens (tertiary/aromatic N) is 1. The third-order valence-corrected chi connectivity index (χ3v) is 4.04. The van der Waals surface area contributed by atoms with Gasteiger partial charge in [0.1, 0.15) is 5.75 Å². The Morgan fingerprint density at radius 2 is 1.85 bits per heavy atom. The molecule has 0 aliphatic rings. The number of hydrazone groups is 1. The van der Waals surface area contributed by atoms with E-state index >= 15 is 0 Å². The van der Waals surface area contributed by atoms with Crippen molar-refractivity contribution in [3.8, 4) is 5.75 Å². The number of nitrogens with one attached hydrogen (secondary N) is 1. The molecule has 2 rings (SSSR count). The fourth-order valence-electron chi connectivity index (χ4n) is 2.21. The van der Waals surface area contributed by atoms with Gasteiger partial charge in [-0.25, -0.2) is 5.43 Å². The Hall–Kier alpha value is -2.54. The van der Waals surface area contributed by atoms with E-state index in [1.54, 1.807) is 12.1 Å². The number of rotatable bonds is 5. The minimum atomic E-state index is -4.50. The SMILES string of the molecule is Cc1cc(OCC(=O)N/N=C/c2ccccc2C(F)(F)F)cc(C)c1Cl. The molecule has 26 heavy (non-hydrogen) atoms. The topological polar surface area (TPSA) is 50.7 Å². The Morgan fingerprint density at radius 3 is 2.46 bits per heavy atom. The summed E-state index contributed by atoms with van der Waals surface area (Å²) in [6, 6.07) is 8.30. The van der Waals surface area contributed by atoms with Crippen molar-refractivity contribution in [1.29, 1.82) is 0 Å². The van der Waals surface area contributed by atoms with Gasteiger partial charge in [0, 0.05) is 10.6 Å². The molecule has 0 fully saturated rings. The number of hydrogen-bond donors (Lipinski definition) is 1. The molecule has 0 radical (unpaired) electrons. The lowest BCUT2D eigenvalue weighted by atomic mass is 10.1. The number of carbonyl (C=O) groups excluding carboxylic acids is 1. The van der Waals surface area contributed by atoms with E-state index in [4.69, 9.17) is 16.3 Å². The maximum absolute atomic E-state index is 12.9. The van der Waals surface area contributed by atoms with Crippen LogP contribution < -0.4 is 10.2 Å². The zero-order valence-corrected chi connectivity index (χ0v) is 14.8. The molecule has 2 aromatic rings. The van der Waals surface area contributed by atoms with Crippen LogP contribution in [-0.4, -0.2) is 18.7 Å². The molecular weight excluding hydrogens is 369 g/mol. The molecular formula is C18H16ClF3N2O2. The molecule has 0 atom stereocenters. The molecule has 138 valence electrons. The fraction of sp³-hybridized carbons (Fsp3) is 0.222. The highest BCUT2D eigenvalue weighted by Crippen LogP contribution is 2.31. The summed E-state index contributed by atoms with van der Waals surface area (Å²) < 4.78 is 43.9. The van der Waals surface area contributed by atoms with Crippen LogP contribution in [0.3, 0.4) is 0 Å². The van der Waals surface area contributed by atoms with E-state index < -0.39 is 17.6 Å². The van der Waals surface area contributed by atoms with Gasteiger partial charge in [-0.3, -0.25) is 4.79 Å². The van der Waals surface area contributed by atoms with Crippen LogP contribution in [0.25, 0.3) is 0 Å². The second-order valence-corrected chi connectivity index (χ2v) is 5.92. The van der Waals surface area contributed by atoms with E-state index in [0.717, 1.165) is 23.4 Å². The maximum Gasteiger partial charge on any atom is 0.417 e. The van der Waals surface area contributed by atoms with Gasteiger partial charge in [-0.05, 0) is 43.2 Å². The van der Waals surface area contributed by atoms with Crippen LogP contribution in [0, 0.1) is 13.8 Å².